The Hall–Kier alpha value is -1.68. The normalized spacial score (nSPS) is 20.5. The van der Waals surface area contributed by atoms with Crippen LogP contribution in [0.5, 0.6) is 0 Å². The third kappa shape index (κ3) is 3.85. The molecule has 0 spiro atoms. The van der Waals surface area contributed by atoms with Gasteiger partial charge in [-0.05, 0) is 21.8 Å². The Bertz CT molecular complexity index is 679. The summed E-state index contributed by atoms with van der Waals surface area (Å²) in [4.78, 5) is 0. The highest BCUT2D eigenvalue weighted by molar-refractivity contribution is 6.99. The van der Waals surface area contributed by atoms with Crippen molar-refractivity contribution < 1.29 is 9.16 Å². The standard InChI is InChI=1S/C23H30O2Si/c1-5-6-17-21-22(25-21)18-24-26(23(2,3)4,19-13-9-7-10-14-19)20-15-11-8-12-16-20/h6-17,21-22H,5,18H2,1-4H3/b17-6-/t21-,22+/m0/s1. The molecule has 2 aromatic rings. The molecular weight excluding hydrogens is 336 g/mol. The molecule has 2 nitrogen and oxygen atoms in total. The lowest BCUT2D eigenvalue weighted by Crippen LogP contribution is -2.66. The Labute approximate surface area is 159 Å². The van der Waals surface area contributed by atoms with Gasteiger partial charge in [0.2, 0.25) is 0 Å². The molecule has 0 N–H and O–H groups in total. The molecule has 0 unspecified atom stereocenters. The molecule has 2 atom stereocenters. The number of benzene rings is 2. The van der Waals surface area contributed by atoms with E-state index >= 15 is 0 Å². The van der Waals surface area contributed by atoms with Crippen molar-refractivity contribution in [2.45, 2.75) is 51.4 Å². The zero-order valence-corrected chi connectivity index (χ0v) is 17.3. The van der Waals surface area contributed by atoms with Gasteiger partial charge in [0.15, 0.2) is 0 Å². The second kappa shape index (κ2) is 7.91. The molecule has 3 heteroatoms. The molecule has 0 radical (unpaired) electrons. The van der Waals surface area contributed by atoms with Crippen molar-refractivity contribution in [2.75, 3.05) is 6.61 Å². The van der Waals surface area contributed by atoms with Crippen LogP contribution in [0.1, 0.15) is 34.1 Å². The molecule has 138 valence electrons. The molecule has 26 heavy (non-hydrogen) atoms. The molecule has 1 aliphatic heterocycles. The first-order valence-electron chi connectivity index (χ1n) is 9.56. The Morgan fingerprint density at radius 3 is 1.96 bits per heavy atom. The average Bonchev–Trinajstić information content (AvgIpc) is 3.39. The Balaban J connectivity index is 1.95. The number of hydrogen-bond donors (Lipinski definition) is 0. The van der Waals surface area contributed by atoms with E-state index in [0.29, 0.717) is 6.61 Å². The molecule has 0 amide bonds. The number of allylic oxidation sites excluding steroid dienone is 1. The third-order valence-corrected chi connectivity index (χ3v) is 10.1. The van der Waals surface area contributed by atoms with Crippen molar-refractivity contribution in [1.29, 1.82) is 0 Å². The van der Waals surface area contributed by atoms with Crippen LogP contribution in [0.15, 0.2) is 72.8 Å². The fourth-order valence-electron chi connectivity index (χ4n) is 3.70. The topological polar surface area (TPSA) is 21.8 Å². The van der Waals surface area contributed by atoms with E-state index in [2.05, 4.69) is 101 Å². The van der Waals surface area contributed by atoms with Crippen LogP contribution >= 0.6 is 0 Å². The lowest BCUT2D eigenvalue weighted by atomic mass is 10.2. The summed E-state index contributed by atoms with van der Waals surface area (Å²) in [6.07, 6.45) is 5.78. The van der Waals surface area contributed by atoms with Crippen molar-refractivity contribution >= 4 is 18.7 Å². The van der Waals surface area contributed by atoms with E-state index in [9.17, 15) is 0 Å². The molecule has 0 saturated carbocycles. The minimum absolute atomic E-state index is 0.0132. The van der Waals surface area contributed by atoms with Crippen molar-refractivity contribution in [3.8, 4) is 0 Å². The van der Waals surface area contributed by atoms with Gasteiger partial charge in [0.25, 0.3) is 8.32 Å². The van der Waals surface area contributed by atoms with E-state index in [4.69, 9.17) is 9.16 Å². The SMILES string of the molecule is CC/C=C\[C@@H]1O[C@@H]1CO[Si](c1ccccc1)(c1ccccc1)C(C)(C)C. The fourth-order valence-corrected chi connectivity index (χ4v) is 8.27. The first-order chi connectivity index (χ1) is 12.5. The fraction of sp³-hybridized carbons (Fsp3) is 0.391. The molecule has 1 aliphatic rings. The van der Waals surface area contributed by atoms with Crippen LogP contribution in [0, 0.1) is 0 Å². The third-order valence-electron chi connectivity index (χ3n) is 5.06. The van der Waals surface area contributed by atoms with Gasteiger partial charge >= 0.3 is 0 Å². The van der Waals surface area contributed by atoms with Crippen molar-refractivity contribution in [3.05, 3.63) is 72.8 Å². The lowest BCUT2D eigenvalue weighted by molar-refractivity contribution is 0.249. The monoisotopic (exact) mass is 366 g/mol. The molecule has 2 aromatic carbocycles. The van der Waals surface area contributed by atoms with Crippen LogP contribution in [-0.4, -0.2) is 27.1 Å². The van der Waals surface area contributed by atoms with E-state index in [0.717, 1.165) is 6.42 Å². The maximum Gasteiger partial charge on any atom is 0.261 e. The van der Waals surface area contributed by atoms with E-state index in [1.807, 2.05) is 0 Å². The van der Waals surface area contributed by atoms with Crippen molar-refractivity contribution in [2.24, 2.45) is 0 Å². The molecule has 0 bridgehead atoms. The summed E-state index contributed by atoms with van der Waals surface area (Å²) in [5.74, 6) is 0. The van der Waals surface area contributed by atoms with E-state index in [1.165, 1.54) is 10.4 Å². The number of hydrogen-bond acceptors (Lipinski definition) is 2. The predicted octanol–water partition coefficient (Wildman–Crippen LogP) is 4.30. The molecule has 3 rings (SSSR count). The summed E-state index contributed by atoms with van der Waals surface area (Å²) in [5, 5.41) is 2.65. The summed E-state index contributed by atoms with van der Waals surface area (Å²) in [7, 11) is -2.44. The van der Waals surface area contributed by atoms with Gasteiger partial charge in [-0.2, -0.15) is 0 Å². The van der Waals surface area contributed by atoms with E-state index < -0.39 is 8.32 Å². The van der Waals surface area contributed by atoms with Crippen LogP contribution in [0.2, 0.25) is 5.04 Å². The van der Waals surface area contributed by atoms with Crippen LogP contribution in [0.3, 0.4) is 0 Å². The largest absolute Gasteiger partial charge is 0.405 e. The Morgan fingerprint density at radius 1 is 0.962 bits per heavy atom. The maximum atomic E-state index is 6.88. The molecule has 1 fully saturated rings. The number of rotatable bonds is 7. The summed E-state index contributed by atoms with van der Waals surface area (Å²) < 4.78 is 12.7. The maximum absolute atomic E-state index is 6.88. The molecule has 1 heterocycles. The highest BCUT2D eigenvalue weighted by atomic mass is 28.4. The summed E-state index contributed by atoms with van der Waals surface area (Å²) in [6, 6.07) is 21.5. The summed E-state index contributed by atoms with van der Waals surface area (Å²) in [6.45, 7) is 9.71. The van der Waals surface area contributed by atoms with Gasteiger partial charge in [-0.15, -0.1) is 0 Å². The van der Waals surface area contributed by atoms with Gasteiger partial charge in [-0.25, -0.2) is 0 Å². The predicted molar refractivity (Wildman–Crippen MR) is 112 cm³/mol. The Kier molecular flexibility index (Phi) is 5.81. The van der Waals surface area contributed by atoms with Gasteiger partial charge in [-0.3, -0.25) is 0 Å². The summed E-state index contributed by atoms with van der Waals surface area (Å²) in [5.41, 5.74) is 0. The molecule has 0 aromatic heterocycles. The quantitative estimate of drug-likeness (QED) is 0.414. The van der Waals surface area contributed by atoms with Crippen LogP contribution in [0.4, 0.5) is 0 Å². The Morgan fingerprint density at radius 2 is 1.50 bits per heavy atom. The van der Waals surface area contributed by atoms with Crippen LogP contribution in [-0.2, 0) is 9.16 Å². The van der Waals surface area contributed by atoms with Gasteiger partial charge < -0.3 is 9.16 Å². The molecule has 1 saturated heterocycles. The minimum atomic E-state index is -2.44. The van der Waals surface area contributed by atoms with Gasteiger partial charge in [0.1, 0.15) is 12.2 Å². The second-order valence-corrected chi connectivity index (χ2v) is 12.3. The highest BCUT2D eigenvalue weighted by Crippen LogP contribution is 2.38. The first kappa shape index (κ1) is 19.1. The van der Waals surface area contributed by atoms with Crippen molar-refractivity contribution in [3.63, 3.8) is 0 Å². The van der Waals surface area contributed by atoms with Gasteiger partial charge in [0.05, 0.1) is 6.61 Å². The highest BCUT2D eigenvalue weighted by Gasteiger charge is 2.51. The summed E-state index contributed by atoms with van der Waals surface area (Å²) >= 11 is 0. The van der Waals surface area contributed by atoms with Crippen LogP contribution in [0.25, 0.3) is 0 Å². The molecule has 0 aliphatic carbocycles. The van der Waals surface area contributed by atoms with Gasteiger partial charge in [0, 0.05) is 0 Å². The first-order valence-corrected chi connectivity index (χ1v) is 11.5. The lowest BCUT2D eigenvalue weighted by Gasteiger charge is -2.43. The van der Waals surface area contributed by atoms with Crippen LogP contribution < -0.4 is 10.4 Å². The van der Waals surface area contributed by atoms with Gasteiger partial charge in [-0.1, -0.05) is 101 Å². The average molecular weight is 367 g/mol. The zero-order valence-electron chi connectivity index (χ0n) is 16.3. The number of ether oxygens (including phenoxy) is 1. The van der Waals surface area contributed by atoms with Crippen molar-refractivity contribution in [1.82, 2.24) is 0 Å². The zero-order chi connectivity index (χ0) is 18.6. The number of epoxide rings is 1. The second-order valence-electron chi connectivity index (χ2n) is 7.95. The van der Waals surface area contributed by atoms with E-state index in [-0.39, 0.29) is 17.2 Å². The van der Waals surface area contributed by atoms with E-state index in [1.54, 1.807) is 0 Å². The minimum Gasteiger partial charge on any atom is -0.405 e. The smallest absolute Gasteiger partial charge is 0.261 e. The molecular formula is C23H30O2Si.